The highest BCUT2D eigenvalue weighted by Gasteiger charge is 2.58. The van der Waals surface area contributed by atoms with E-state index in [1.807, 2.05) is 4.98 Å². The first-order valence-electron chi connectivity index (χ1n) is 12.8. The maximum absolute atomic E-state index is 16.1. The van der Waals surface area contributed by atoms with E-state index in [1.165, 1.54) is 6.07 Å². The van der Waals surface area contributed by atoms with E-state index in [-0.39, 0.29) is 11.3 Å². The molecule has 1 fully saturated rings. The molecule has 5 atom stereocenters. The van der Waals surface area contributed by atoms with E-state index in [0.29, 0.717) is 21.9 Å². The number of halogens is 3. The Morgan fingerprint density at radius 2 is 1.87 bits per heavy atom. The molecule has 0 radical (unpaired) electrons. The predicted octanol–water partition coefficient (Wildman–Crippen LogP) is 4.43. The summed E-state index contributed by atoms with van der Waals surface area (Å²) in [6.07, 6.45) is -6.58. The number of benzene rings is 1. The van der Waals surface area contributed by atoms with Crippen molar-refractivity contribution in [2.75, 3.05) is 6.56 Å². The third-order valence-corrected chi connectivity index (χ3v) is 7.76. The number of fused-ring (bicyclic) bond motifs is 1. The molecule has 2 aromatic rings. The van der Waals surface area contributed by atoms with Gasteiger partial charge in [-0.2, -0.15) is 4.39 Å². The van der Waals surface area contributed by atoms with Gasteiger partial charge in [-0.05, 0) is 34.7 Å². The van der Waals surface area contributed by atoms with Crippen LogP contribution in [-0.2, 0) is 35.8 Å². The van der Waals surface area contributed by atoms with Crippen LogP contribution in [0.25, 0.3) is 0 Å². The molecule has 2 aliphatic heterocycles. The van der Waals surface area contributed by atoms with Gasteiger partial charge in [0, 0.05) is 5.56 Å². The molecule has 10 nitrogen and oxygen atoms in total. The van der Waals surface area contributed by atoms with E-state index >= 15 is 8.78 Å². The van der Waals surface area contributed by atoms with Crippen LogP contribution in [0.15, 0.2) is 17.1 Å². The maximum atomic E-state index is 16.1. The molecule has 0 amide bonds. The number of rotatable bonds is 4. The number of nitrogens with zero attached hydrogens (tertiary/aromatic N) is 1. The fourth-order valence-corrected chi connectivity index (χ4v) is 5.47. The third kappa shape index (κ3) is 5.48. The van der Waals surface area contributed by atoms with Gasteiger partial charge in [0.05, 0.1) is 21.1 Å². The molecule has 1 unspecified atom stereocenters. The fourth-order valence-electron chi connectivity index (χ4n) is 4.13. The molecule has 0 spiro atoms. The van der Waals surface area contributed by atoms with Gasteiger partial charge < -0.3 is 19.5 Å². The zero-order valence-corrected chi connectivity index (χ0v) is 23.6. The Bertz CT molecular complexity index is 1560. The highest BCUT2D eigenvalue weighted by Crippen LogP contribution is 2.58. The zero-order valence-electron chi connectivity index (χ0n) is 23.9. The number of hydrogen-bond acceptors (Lipinski definition) is 9. The summed E-state index contributed by atoms with van der Waals surface area (Å²) in [5.41, 5.74) is -1.95. The van der Waals surface area contributed by atoms with Gasteiger partial charge in [-0.15, -0.1) is 0 Å². The van der Waals surface area contributed by atoms with Crippen molar-refractivity contribution in [1.82, 2.24) is 9.55 Å². The van der Waals surface area contributed by atoms with Gasteiger partial charge >= 0.3 is 7.82 Å². The average Bonchev–Trinajstić information content (AvgIpc) is 3.04. The second-order valence-corrected chi connectivity index (χ2v) is 13.2. The third-order valence-electron chi connectivity index (χ3n) is 6.28. The van der Waals surface area contributed by atoms with E-state index in [4.69, 9.17) is 33.3 Å². The van der Waals surface area contributed by atoms with Crippen LogP contribution in [0.5, 0.6) is 5.75 Å². The number of aromatic nitrogens is 2. The molecule has 15 heteroatoms. The largest absolute Gasteiger partial charge is 0.530 e. The number of nitrogens with one attached hydrogen (secondary N) is 1. The van der Waals surface area contributed by atoms with Crippen molar-refractivity contribution in [1.29, 1.82) is 0 Å². The van der Waals surface area contributed by atoms with Crippen molar-refractivity contribution in [2.45, 2.75) is 83.3 Å². The van der Waals surface area contributed by atoms with Gasteiger partial charge in [-0.1, -0.05) is 41.5 Å². The minimum Gasteiger partial charge on any atom is -0.403 e. The molecule has 0 saturated carbocycles. The minimum absolute atomic E-state index is 0.102. The van der Waals surface area contributed by atoms with Gasteiger partial charge in [-0.25, -0.2) is 13.3 Å². The molecule has 1 saturated heterocycles. The van der Waals surface area contributed by atoms with Gasteiger partial charge in [-0.3, -0.25) is 23.4 Å². The van der Waals surface area contributed by atoms with Crippen molar-refractivity contribution in [3.05, 3.63) is 55.7 Å². The maximum Gasteiger partial charge on any atom is 0.530 e. The van der Waals surface area contributed by atoms with Crippen LogP contribution in [0.4, 0.5) is 13.2 Å². The molecule has 2 aliphatic rings. The lowest BCUT2D eigenvalue weighted by Gasteiger charge is -2.34. The minimum atomic E-state index is -5.09. The Hall–Kier alpha value is -2.06. The molecule has 39 heavy (non-hydrogen) atoms. The Kier molecular flexibility index (Phi) is 6.81. The second-order valence-electron chi connectivity index (χ2n) is 11.3. The number of aliphatic hydroxyl groups excluding tert-OH is 2. The SMILES string of the molecule is [2H]C([2H])(OP1(=O)OCc2c(F)c(C(C)(C)C)cc(C(C)(C)C)c2O1)[C@@]1(F)O[C@@H](n2cc(F)c(=O)[nH]c2=S)[C@H](O)[C@@H]1O. The van der Waals surface area contributed by atoms with Crippen LogP contribution in [0, 0.1) is 16.4 Å². The number of phosphoric ester groups is 1. The van der Waals surface area contributed by atoms with Crippen LogP contribution in [-0.4, -0.2) is 44.4 Å². The van der Waals surface area contributed by atoms with Gasteiger partial charge in [0.25, 0.3) is 11.4 Å². The van der Waals surface area contributed by atoms with Crippen molar-refractivity contribution < 1.29 is 49.0 Å². The Morgan fingerprint density at radius 3 is 2.46 bits per heavy atom. The summed E-state index contributed by atoms with van der Waals surface area (Å²) in [6.45, 7) is 6.17. The highest BCUT2D eigenvalue weighted by molar-refractivity contribution is 7.71. The lowest BCUT2D eigenvalue weighted by atomic mass is 9.78. The molecular formula is C24H30F3N2O8PS. The summed E-state index contributed by atoms with van der Waals surface area (Å²) in [5, 5.41) is 20.9. The first kappa shape index (κ1) is 27.1. The first-order valence-corrected chi connectivity index (χ1v) is 13.6. The normalized spacial score (nSPS) is 30.4. The standard InChI is InChI=1S/C24H30F3N2O8PS/c1-22(2,3)12-7-13(23(4,5)6)17-11(15(12)26)9-34-38(33,37-17)35-10-24(27)18(31)16(30)20(36-24)29-8-14(25)19(32)28-21(29)39/h7-8,16,18,20,30-31H,9-10H2,1-6H3,(H,28,32,39)/t16-,18+,20-,24-,38?/m1/s1/i10D2. The predicted molar refractivity (Wildman–Crippen MR) is 135 cm³/mol. The molecular weight excluding hydrogens is 564 g/mol. The summed E-state index contributed by atoms with van der Waals surface area (Å²) >= 11 is 4.87. The van der Waals surface area contributed by atoms with Crippen LogP contribution >= 0.6 is 20.0 Å². The summed E-state index contributed by atoms with van der Waals surface area (Å²) < 4.78 is 95.9. The number of ether oxygens (including phenoxy) is 1. The molecule has 4 rings (SSSR count). The summed E-state index contributed by atoms with van der Waals surface area (Å²) in [6, 6.07) is 1.53. The van der Waals surface area contributed by atoms with Crippen LogP contribution in [0.2, 0.25) is 0 Å². The fraction of sp³-hybridized carbons (Fsp3) is 0.583. The smallest absolute Gasteiger partial charge is 0.403 e. The molecule has 1 aromatic carbocycles. The van der Waals surface area contributed by atoms with E-state index < -0.39 is 78.1 Å². The first-order chi connectivity index (χ1) is 18.5. The van der Waals surface area contributed by atoms with Crippen LogP contribution < -0.4 is 10.1 Å². The zero-order chi connectivity index (χ0) is 31.1. The van der Waals surface area contributed by atoms with Crippen molar-refractivity contribution in [3.8, 4) is 5.75 Å². The van der Waals surface area contributed by atoms with Gasteiger partial charge in [0.1, 0.15) is 30.3 Å². The van der Waals surface area contributed by atoms with Gasteiger partial charge in [0.2, 0.25) is 5.82 Å². The number of phosphoric acid groups is 1. The van der Waals surface area contributed by atoms with Gasteiger partial charge in [0.15, 0.2) is 11.0 Å². The highest BCUT2D eigenvalue weighted by atomic mass is 32.1. The lowest BCUT2D eigenvalue weighted by Crippen LogP contribution is -2.43. The number of alkyl halides is 1. The van der Waals surface area contributed by atoms with Crippen molar-refractivity contribution in [2.24, 2.45) is 0 Å². The molecule has 3 N–H and O–H groups in total. The quantitative estimate of drug-likeness (QED) is 0.347. The van der Waals surface area contributed by atoms with Crippen molar-refractivity contribution in [3.63, 3.8) is 0 Å². The number of aliphatic hydroxyl groups is 2. The molecule has 216 valence electrons. The Labute approximate surface area is 230 Å². The van der Waals surface area contributed by atoms with Crippen LogP contribution in [0.1, 0.15) is 67.2 Å². The lowest BCUT2D eigenvalue weighted by molar-refractivity contribution is -0.205. The summed E-state index contributed by atoms with van der Waals surface area (Å²) in [4.78, 5) is 13.4. The number of H-pyrrole nitrogens is 1. The monoisotopic (exact) mass is 596 g/mol. The number of aromatic amines is 1. The van der Waals surface area contributed by atoms with E-state index in [9.17, 15) is 24.0 Å². The summed E-state index contributed by atoms with van der Waals surface area (Å²) in [7, 11) is -5.09. The van der Waals surface area contributed by atoms with E-state index in [0.717, 1.165) is 0 Å². The molecule has 3 heterocycles. The molecule has 1 aromatic heterocycles. The Morgan fingerprint density at radius 1 is 1.26 bits per heavy atom. The second kappa shape index (κ2) is 9.79. The van der Waals surface area contributed by atoms with Crippen LogP contribution in [0.3, 0.4) is 0 Å². The average molecular weight is 597 g/mol. The Balaban J connectivity index is 1.71. The topological polar surface area (TPSA) is 132 Å². The molecule has 0 bridgehead atoms. The van der Waals surface area contributed by atoms with E-state index in [2.05, 4.69) is 0 Å². The van der Waals surface area contributed by atoms with Crippen molar-refractivity contribution >= 4 is 20.0 Å². The van der Waals surface area contributed by atoms with E-state index in [1.54, 1.807) is 41.5 Å². The number of hydrogen-bond donors (Lipinski definition) is 3. The summed E-state index contributed by atoms with van der Waals surface area (Å²) in [5.74, 6) is -6.29. The molecule has 0 aliphatic carbocycles.